The van der Waals surface area contributed by atoms with Crippen LogP contribution in [0, 0.1) is 0 Å². The number of carbonyl (C=O) groups is 1. The number of benzene rings is 1. The summed E-state index contributed by atoms with van der Waals surface area (Å²) in [7, 11) is 0. The number of rotatable bonds is 4. The first-order valence-corrected chi connectivity index (χ1v) is 8.09. The number of nitrogens with one attached hydrogen (secondary N) is 1. The molecule has 0 unspecified atom stereocenters. The molecule has 110 valence electrons. The number of ether oxygens (including phenoxy) is 1. The van der Waals surface area contributed by atoms with Gasteiger partial charge in [0.1, 0.15) is 10.7 Å². The first kappa shape index (κ1) is 14.5. The summed E-state index contributed by atoms with van der Waals surface area (Å²) in [5.74, 6) is -0.151. The van der Waals surface area contributed by atoms with Gasteiger partial charge in [0, 0.05) is 29.1 Å². The van der Waals surface area contributed by atoms with E-state index in [9.17, 15) is 4.79 Å². The molecule has 2 aromatic rings. The fourth-order valence-electron chi connectivity index (χ4n) is 2.21. The van der Waals surface area contributed by atoms with E-state index in [1.165, 1.54) is 11.3 Å². The van der Waals surface area contributed by atoms with Gasteiger partial charge in [-0.2, -0.15) is 0 Å². The quantitative estimate of drug-likeness (QED) is 0.939. The molecule has 0 spiro atoms. The largest absolute Gasteiger partial charge is 0.376 e. The monoisotopic (exact) mass is 322 g/mol. The van der Waals surface area contributed by atoms with Crippen LogP contribution in [0.4, 0.5) is 0 Å². The Kier molecular flexibility index (Phi) is 4.53. The highest BCUT2D eigenvalue weighted by Crippen LogP contribution is 2.25. The van der Waals surface area contributed by atoms with Crippen LogP contribution < -0.4 is 5.32 Å². The molecule has 6 heteroatoms. The van der Waals surface area contributed by atoms with Crippen molar-refractivity contribution in [1.82, 2.24) is 10.3 Å². The van der Waals surface area contributed by atoms with Gasteiger partial charge >= 0.3 is 0 Å². The van der Waals surface area contributed by atoms with Crippen molar-refractivity contribution in [1.29, 1.82) is 0 Å². The van der Waals surface area contributed by atoms with E-state index in [4.69, 9.17) is 16.3 Å². The SMILES string of the molecule is O=C(NC[C@H]1CCCO1)c1csc(-c2ccc(Cl)cc2)n1. The summed E-state index contributed by atoms with van der Waals surface area (Å²) < 4.78 is 5.48. The summed E-state index contributed by atoms with van der Waals surface area (Å²) in [6.07, 6.45) is 2.22. The molecule has 1 aromatic heterocycles. The lowest BCUT2D eigenvalue weighted by molar-refractivity contribution is 0.0854. The molecule has 0 bridgehead atoms. The number of amides is 1. The van der Waals surface area contributed by atoms with Gasteiger partial charge in [-0.1, -0.05) is 23.7 Å². The molecule has 1 saturated heterocycles. The van der Waals surface area contributed by atoms with E-state index in [-0.39, 0.29) is 12.0 Å². The summed E-state index contributed by atoms with van der Waals surface area (Å²) in [6, 6.07) is 7.43. The second kappa shape index (κ2) is 6.56. The van der Waals surface area contributed by atoms with Crippen molar-refractivity contribution in [2.45, 2.75) is 18.9 Å². The molecule has 1 atom stereocenters. The van der Waals surface area contributed by atoms with Crippen molar-refractivity contribution in [3.63, 3.8) is 0 Å². The van der Waals surface area contributed by atoms with E-state index in [0.717, 1.165) is 30.0 Å². The van der Waals surface area contributed by atoms with Gasteiger partial charge in [-0.25, -0.2) is 4.98 Å². The van der Waals surface area contributed by atoms with Crippen molar-refractivity contribution in [3.05, 3.63) is 40.4 Å². The second-order valence-corrected chi connectivity index (χ2v) is 6.18. The summed E-state index contributed by atoms with van der Waals surface area (Å²) >= 11 is 7.31. The van der Waals surface area contributed by atoms with Gasteiger partial charge in [0.2, 0.25) is 0 Å². The van der Waals surface area contributed by atoms with Gasteiger partial charge in [-0.05, 0) is 25.0 Å². The van der Waals surface area contributed by atoms with Gasteiger partial charge < -0.3 is 10.1 Å². The summed E-state index contributed by atoms with van der Waals surface area (Å²) in [6.45, 7) is 1.34. The smallest absolute Gasteiger partial charge is 0.270 e. The Morgan fingerprint density at radius 2 is 2.24 bits per heavy atom. The Morgan fingerprint density at radius 1 is 1.43 bits per heavy atom. The summed E-state index contributed by atoms with van der Waals surface area (Å²) in [5.41, 5.74) is 1.41. The number of aromatic nitrogens is 1. The zero-order valence-corrected chi connectivity index (χ0v) is 12.9. The molecule has 0 aliphatic carbocycles. The molecule has 3 rings (SSSR count). The Bertz CT molecular complexity index is 621. The lowest BCUT2D eigenvalue weighted by atomic mass is 10.2. The van der Waals surface area contributed by atoms with Crippen molar-refractivity contribution >= 4 is 28.8 Å². The third-order valence-electron chi connectivity index (χ3n) is 3.34. The number of hydrogen-bond donors (Lipinski definition) is 1. The molecular weight excluding hydrogens is 308 g/mol. The summed E-state index contributed by atoms with van der Waals surface area (Å²) in [5, 5.41) is 6.15. The Morgan fingerprint density at radius 3 is 2.95 bits per heavy atom. The zero-order valence-electron chi connectivity index (χ0n) is 11.3. The molecule has 1 amide bonds. The highest BCUT2D eigenvalue weighted by molar-refractivity contribution is 7.13. The minimum Gasteiger partial charge on any atom is -0.376 e. The predicted molar refractivity (Wildman–Crippen MR) is 83.9 cm³/mol. The molecule has 0 radical (unpaired) electrons. The van der Waals surface area contributed by atoms with E-state index in [0.29, 0.717) is 17.3 Å². The molecule has 21 heavy (non-hydrogen) atoms. The van der Waals surface area contributed by atoms with Crippen LogP contribution in [0.2, 0.25) is 5.02 Å². The third kappa shape index (κ3) is 3.61. The maximum Gasteiger partial charge on any atom is 0.270 e. The minimum absolute atomic E-state index is 0.142. The average Bonchev–Trinajstić information content (AvgIpc) is 3.17. The molecular formula is C15H15ClN2O2S. The average molecular weight is 323 g/mol. The van der Waals surface area contributed by atoms with Gasteiger partial charge in [0.15, 0.2) is 0 Å². The number of halogens is 1. The van der Waals surface area contributed by atoms with Crippen LogP contribution in [-0.2, 0) is 4.74 Å². The van der Waals surface area contributed by atoms with Gasteiger partial charge in [0.05, 0.1) is 6.10 Å². The standard InChI is InChI=1S/C15H15ClN2O2S/c16-11-5-3-10(4-6-11)15-18-13(9-21-15)14(19)17-8-12-2-1-7-20-12/h3-6,9,12H,1-2,7-8H2,(H,17,19)/t12-/m1/s1. The topological polar surface area (TPSA) is 51.2 Å². The van der Waals surface area contributed by atoms with Crippen LogP contribution in [-0.4, -0.2) is 30.1 Å². The zero-order chi connectivity index (χ0) is 14.7. The number of thiazole rings is 1. The van der Waals surface area contributed by atoms with E-state index in [2.05, 4.69) is 10.3 Å². The number of nitrogens with zero attached hydrogens (tertiary/aromatic N) is 1. The van der Waals surface area contributed by atoms with Crippen LogP contribution >= 0.6 is 22.9 Å². The lowest BCUT2D eigenvalue weighted by Gasteiger charge is -2.09. The first-order chi connectivity index (χ1) is 10.2. The van der Waals surface area contributed by atoms with Crippen molar-refractivity contribution in [3.8, 4) is 10.6 Å². The molecule has 0 saturated carbocycles. The van der Waals surface area contributed by atoms with Crippen LogP contribution in [0.5, 0.6) is 0 Å². The van der Waals surface area contributed by atoms with Crippen LogP contribution in [0.15, 0.2) is 29.6 Å². The van der Waals surface area contributed by atoms with Gasteiger partial charge in [0.25, 0.3) is 5.91 Å². The van der Waals surface area contributed by atoms with Crippen molar-refractivity contribution < 1.29 is 9.53 Å². The molecule has 1 aromatic carbocycles. The highest BCUT2D eigenvalue weighted by atomic mass is 35.5. The van der Waals surface area contributed by atoms with Crippen molar-refractivity contribution in [2.75, 3.05) is 13.2 Å². The Balaban J connectivity index is 1.63. The molecule has 1 N–H and O–H groups in total. The van der Waals surface area contributed by atoms with Crippen LogP contribution in [0.25, 0.3) is 10.6 Å². The maximum atomic E-state index is 12.1. The molecule has 1 fully saturated rings. The Hall–Kier alpha value is -1.43. The van der Waals surface area contributed by atoms with E-state index < -0.39 is 0 Å². The van der Waals surface area contributed by atoms with Crippen LogP contribution in [0.1, 0.15) is 23.3 Å². The van der Waals surface area contributed by atoms with E-state index >= 15 is 0 Å². The van der Waals surface area contributed by atoms with Crippen LogP contribution in [0.3, 0.4) is 0 Å². The second-order valence-electron chi connectivity index (χ2n) is 4.89. The first-order valence-electron chi connectivity index (χ1n) is 6.83. The Labute approximate surface area is 132 Å². The molecule has 1 aliphatic heterocycles. The highest BCUT2D eigenvalue weighted by Gasteiger charge is 2.18. The lowest BCUT2D eigenvalue weighted by Crippen LogP contribution is -2.31. The third-order valence-corrected chi connectivity index (χ3v) is 4.49. The van der Waals surface area contributed by atoms with E-state index in [1.807, 2.05) is 24.3 Å². The van der Waals surface area contributed by atoms with Gasteiger partial charge in [-0.3, -0.25) is 4.79 Å². The molecule has 4 nitrogen and oxygen atoms in total. The fraction of sp³-hybridized carbons (Fsp3) is 0.333. The minimum atomic E-state index is -0.151. The predicted octanol–water partition coefficient (Wildman–Crippen LogP) is 3.37. The summed E-state index contributed by atoms with van der Waals surface area (Å²) in [4.78, 5) is 16.4. The molecule has 2 heterocycles. The maximum absolute atomic E-state index is 12.1. The number of carbonyl (C=O) groups excluding carboxylic acids is 1. The van der Waals surface area contributed by atoms with E-state index in [1.54, 1.807) is 5.38 Å². The van der Waals surface area contributed by atoms with Crippen molar-refractivity contribution in [2.24, 2.45) is 0 Å². The fourth-order valence-corrected chi connectivity index (χ4v) is 3.14. The number of hydrogen-bond acceptors (Lipinski definition) is 4. The normalized spacial score (nSPS) is 17.9. The molecule has 1 aliphatic rings. The van der Waals surface area contributed by atoms with Gasteiger partial charge in [-0.15, -0.1) is 11.3 Å².